The van der Waals surface area contributed by atoms with E-state index in [9.17, 15) is 0 Å². The van der Waals surface area contributed by atoms with Gasteiger partial charge in [0.15, 0.2) is 0 Å². The van der Waals surface area contributed by atoms with Crippen LogP contribution in [0.2, 0.25) is 5.02 Å². The van der Waals surface area contributed by atoms with Crippen LogP contribution in [0.5, 0.6) is 0 Å². The predicted octanol–water partition coefficient (Wildman–Crippen LogP) is 2.98. The molecule has 3 heteroatoms. The van der Waals surface area contributed by atoms with Crippen LogP contribution >= 0.6 is 23.4 Å². The van der Waals surface area contributed by atoms with Gasteiger partial charge < -0.3 is 5.73 Å². The van der Waals surface area contributed by atoms with Crippen molar-refractivity contribution < 1.29 is 0 Å². The van der Waals surface area contributed by atoms with Gasteiger partial charge in [-0.1, -0.05) is 30.7 Å². The number of halogens is 1. The van der Waals surface area contributed by atoms with Crippen LogP contribution < -0.4 is 5.73 Å². The number of nitrogens with two attached hydrogens (primary N) is 1. The first-order valence-electron chi connectivity index (χ1n) is 4.34. The van der Waals surface area contributed by atoms with Gasteiger partial charge in [-0.2, -0.15) is 11.8 Å². The van der Waals surface area contributed by atoms with Gasteiger partial charge in [0, 0.05) is 22.1 Å². The average Bonchev–Trinajstić information content (AvgIpc) is 2.12. The van der Waals surface area contributed by atoms with E-state index in [2.05, 4.69) is 13.0 Å². The smallest absolute Gasteiger partial charge is 0.0449 e. The van der Waals surface area contributed by atoms with Crippen molar-refractivity contribution in [3.8, 4) is 0 Å². The molecule has 1 aliphatic heterocycles. The molecule has 1 aromatic rings. The van der Waals surface area contributed by atoms with E-state index < -0.39 is 0 Å². The largest absolute Gasteiger partial charge is 0.323 e. The molecule has 2 unspecified atom stereocenters. The highest BCUT2D eigenvalue weighted by Gasteiger charge is 2.24. The lowest BCUT2D eigenvalue weighted by Crippen LogP contribution is -2.26. The minimum absolute atomic E-state index is 0.132. The molecule has 0 saturated carbocycles. The molecular formula is C10H12ClNS. The Bertz CT molecular complexity index is 327. The Hall–Kier alpha value is -0.180. The Morgan fingerprint density at radius 1 is 1.54 bits per heavy atom. The molecule has 70 valence electrons. The van der Waals surface area contributed by atoms with Crippen LogP contribution in [0.25, 0.3) is 0 Å². The van der Waals surface area contributed by atoms with E-state index in [-0.39, 0.29) is 6.04 Å². The minimum atomic E-state index is 0.132. The highest BCUT2D eigenvalue weighted by atomic mass is 35.5. The maximum absolute atomic E-state index is 6.09. The first kappa shape index (κ1) is 9.38. The molecule has 0 saturated heterocycles. The summed E-state index contributed by atoms with van der Waals surface area (Å²) in [7, 11) is 0. The van der Waals surface area contributed by atoms with Crippen LogP contribution in [0.3, 0.4) is 0 Å². The van der Waals surface area contributed by atoms with Crippen LogP contribution in [0.15, 0.2) is 18.2 Å². The third-order valence-electron chi connectivity index (χ3n) is 2.51. The summed E-state index contributed by atoms with van der Waals surface area (Å²) in [5.41, 5.74) is 8.52. The maximum atomic E-state index is 6.09. The zero-order valence-electron chi connectivity index (χ0n) is 7.46. The fourth-order valence-electron chi connectivity index (χ4n) is 1.61. The van der Waals surface area contributed by atoms with E-state index in [1.807, 2.05) is 23.9 Å². The van der Waals surface area contributed by atoms with Crippen molar-refractivity contribution in [2.45, 2.75) is 24.0 Å². The van der Waals surface area contributed by atoms with Crippen molar-refractivity contribution in [2.24, 2.45) is 5.73 Å². The van der Waals surface area contributed by atoms with Gasteiger partial charge in [-0.3, -0.25) is 0 Å². The molecule has 1 heterocycles. The molecule has 2 atom stereocenters. The standard InChI is InChI=1S/C10H12ClNS/c1-6-10(12)7-3-2-4-9(11)8(7)5-13-6/h2-4,6,10H,5,12H2,1H3. The third-order valence-corrected chi connectivity index (χ3v) is 4.14. The Kier molecular flexibility index (Phi) is 2.54. The van der Waals surface area contributed by atoms with Gasteiger partial charge in [0.05, 0.1) is 0 Å². The van der Waals surface area contributed by atoms with Crippen molar-refractivity contribution in [3.05, 3.63) is 34.3 Å². The van der Waals surface area contributed by atoms with Gasteiger partial charge in [0.1, 0.15) is 0 Å². The zero-order chi connectivity index (χ0) is 9.42. The fraction of sp³-hybridized carbons (Fsp3) is 0.400. The average molecular weight is 214 g/mol. The molecule has 0 fully saturated rings. The number of hydrogen-bond donors (Lipinski definition) is 1. The molecule has 2 N–H and O–H groups in total. The summed E-state index contributed by atoms with van der Waals surface area (Å²) in [4.78, 5) is 0. The molecule has 0 bridgehead atoms. The molecule has 1 aliphatic rings. The van der Waals surface area contributed by atoms with Crippen molar-refractivity contribution in [1.82, 2.24) is 0 Å². The van der Waals surface area contributed by atoms with Crippen molar-refractivity contribution in [2.75, 3.05) is 0 Å². The van der Waals surface area contributed by atoms with Crippen LogP contribution in [0, 0.1) is 0 Å². The summed E-state index contributed by atoms with van der Waals surface area (Å²) < 4.78 is 0. The predicted molar refractivity (Wildman–Crippen MR) is 59.1 cm³/mol. The van der Waals surface area contributed by atoms with E-state index >= 15 is 0 Å². The number of hydrogen-bond acceptors (Lipinski definition) is 2. The lowest BCUT2D eigenvalue weighted by molar-refractivity contribution is 0.698. The lowest BCUT2D eigenvalue weighted by atomic mass is 9.99. The molecule has 1 aromatic carbocycles. The second-order valence-corrected chi connectivity index (χ2v) is 5.12. The second-order valence-electron chi connectivity index (χ2n) is 3.35. The van der Waals surface area contributed by atoms with Crippen molar-refractivity contribution in [1.29, 1.82) is 0 Å². The first-order chi connectivity index (χ1) is 6.20. The van der Waals surface area contributed by atoms with Gasteiger partial charge in [0.2, 0.25) is 0 Å². The third kappa shape index (κ3) is 1.58. The molecule has 13 heavy (non-hydrogen) atoms. The molecule has 0 aromatic heterocycles. The lowest BCUT2D eigenvalue weighted by Gasteiger charge is -2.28. The van der Waals surface area contributed by atoms with Gasteiger partial charge >= 0.3 is 0 Å². The highest BCUT2D eigenvalue weighted by Crippen LogP contribution is 2.38. The van der Waals surface area contributed by atoms with E-state index in [1.165, 1.54) is 11.1 Å². The zero-order valence-corrected chi connectivity index (χ0v) is 9.03. The van der Waals surface area contributed by atoms with E-state index in [0.29, 0.717) is 5.25 Å². The first-order valence-corrected chi connectivity index (χ1v) is 5.77. The van der Waals surface area contributed by atoms with Gasteiger partial charge in [0.25, 0.3) is 0 Å². The highest BCUT2D eigenvalue weighted by molar-refractivity contribution is 7.99. The summed E-state index contributed by atoms with van der Waals surface area (Å²) in [6.07, 6.45) is 0. The summed E-state index contributed by atoms with van der Waals surface area (Å²) in [5.74, 6) is 0.990. The van der Waals surface area contributed by atoms with Gasteiger partial charge in [-0.25, -0.2) is 0 Å². The SMILES string of the molecule is CC1SCc2c(Cl)cccc2C1N. The number of fused-ring (bicyclic) bond motifs is 1. The normalized spacial score (nSPS) is 27.0. The van der Waals surface area contributed by atoms with Crippen LogP contribution in [0.1, 0.15) is 24.1 Å². The molecule has 0 aliphatic carbocycles. The Labute approximate surface area is 87.7 Å². The van der Waals surface area contributed by atoms with Crippen molar-refractivity contribution in [3.63, 3.8) is 0 Å². The quantitative estimate of drug-likeness (QED) is 0.717. The number of thioether (sulfide) groups is 1. The summed E-state index contributed by atoms with van der Waals surface area (Å²) in [6.45, 7) is 2.17. The number of rotatable bonds is 0. The van der Waals surface area contributed by atoms with Gasteiger partial charge in [-0.15, -0.1) is 0 Å². The Morgan fingerprint density at radius 3 is 3.08 bits per heavy atom. The van der Waals surface area contributed by atoms with Crippen LogP contribution in [-0.2, 0) is 5.75 Å². The fourth-order valence-corrected chi connectivity index (χ4v) is 3.04. The van der Waals surface area contributed by atoms with E-state index in [0.717, 1.165) is 10.8 Å². The minimum Gasteiger partial charge on any atom is -0.323 e. The maximum Gasteiger partial charge on any atom is 0.0449 e. The second kappa shape index (κ2) is 3.52. The van der Waals surface area contributed by atoms with E-state index in [1.54, 1.807) is 0 Å². The summed E-state index contributed by atoms with van der Waals surface area (Å²) >= 11 is 7.96. The van der Waals surface area contributed by atoms with Crippen LogP contribution in [-0.4, -0.2) is 5.25 Å². The van der Waals surface area contributed by atoms with Crippen molar-refractivity contribution >= 4 is 23.4 Å². The molecule has 2 rings (SSSR count). The Balaban J connectivity index is 2.49. The monoisotopic (exact) mass is 213 g/mol. The topological polar surface area (TPSA) is 26.0 Å². The number of benzene rings is 1. The summed E-state index contributed by atoms with van der Waals surface area (Å²) in [5, 5.41) is 1.35. The molecule has 0 amide bonds. The molecule has 0 radical (unpaired) electrons. The molecule has 0 spiro atoms. The molecule has 1 nitrogen and oxygen atoms in total. The van der Waals surface area contributed by atoms with Crippen LogP contribution in [0.4, 0.5) is 0 Å². The van der Waals surface area contributed by atoms with E-state index in [4.69, 9.17) is 17.3 Å². The molecular weight excluding hydrogens is 202 g/mol. The summed E-state index contributed by atoms with van der Waals surface area (Å²) in [6, 6.07) is 6.13. The Morgan fingerprint density at radius 2 is 2.31 bits per heavy atom. The van der Waals surface area contributed by atoms with Gasteiger partial charge in [-0.05, 0) is 17.2 Å².